The van der Waals surface area contributed by atoms with Crippen molar-refractivity contribution in [2.45, 2.75) is 39.7 Å². The highest BCUT2D eigenvalue weighted by Crippen LogP contribution is 2.21. The van der Waals surface area contributed by atoms with Gasteiger partial charge in [0.15, 0.2) is 0 Å². The highest BCUT2D eigenvalue weighted by molar-refractivity contribution is 5.89. The standard InChI is InChI=1S/C27H28O5/c1-3-19-15-22(6-5-20-7-11-23(12-8-20)26(28)29)17-25(16-19)32-18-21-9-13-24(14-10-21)27(30)31-4-2/h7-17H,3-6,18H2,1-2H3,(H,28,29). The molecular formula is C27H28O5. The minimum absolute atomic E-state index is 0.299. The van der Waals surface area contributed by atoms with Crippen molar-refractivity contribution in [3.05, 3.63) is 100 Å². The molecular weight excluding hydrogens is 404 g/mol. The van der Waals surface area contributed by atoms with E-state index in [-0.39, 0.29) is 5.97 Å². The number of carboxylic acid groups (broad SMARTS) is 1. The van der Waals surface area contributed by atoms with Gasteiger partial charge in [0.1, 0.15) is 12.4 Å². The molecule has 0 heterocycles. The summed E-state index contributed by atoms with van der Waals surface area (Å²) in [4.78, 5) is 22.8. The maximum atomic E-state index is 11.8. The number of carbonyl (C=O) groups excluding carboxylic acids is 1. The molecule has 0 aliphatic heterocycles. The Morgan fingerprint density at radius 3 is 1.97 bits per heavy atom. The first kappa shape index (κ1) is 23.1. The largest absolute Gasteiger partial charge is 0.489 e. The molecule has 0 spiro atoms. The van der Waals surface area contributed by atoms with Crippen molar-refractivity contribution in [3.63, 3.8) is 0 Å². The molecule has 0 atom stereocenters. The summed E-state index contributed by atoms with van der Waals surface area (Å²) in [7, 11) is 0. The van der Waals surface area contributed by atoms with E-state index >= 15 is 0 Å². The second-order valence-electron chi connectivity index (χ2n) is 7.55. The zero-order chi connectivity index (χ0) is 22.9. The second-order valence-corrected chi connectivity index (χ2v) is 7.55. The molecule has 3 aromatic carbocycles. The van der Waals surface area contributed by atoms with Gasteiger partial charge < -0.3 is 14.6 Å². The third kappa shape index (κ3) is 6.45. The molecule has 0 unspecified atom stereocenters. The van der Waals surface area contributed by atoms with Crippen LogP contribution in [0.15, 0.2) is 66.7 Å². The summed E-state index contributed by atoms with van der Waals surface area (Å²) in [6.45, 7) is 4.66. The molecule has 0 aliphatic rings. The van der Waals surface area contributed by atoms with E-state index in [4.69, 9.17) is 14.6 Å². The molecule has 0 saturated heterocycles. The Kier molecular flexibility index (Phi) is 8.03. The van der Waals surface area contributed by atoms with Crippen molar-refractivity contribution < 1.29 is 24.2 Å². The van der Waals surface area contributed by atoms with Crippen LogP contribution in [-0.2, 0) is 30.6 Å². The van der Waals surface area contributed by atoms with Crippen LogP contribution in [0.5, 0.6) is 5.75 Å². The van der Waals surface area contributed by atoms with E-state index in [2.05, 4.69) is 25.1 Å². The van der Waals surface area contributed by atoms with Crippen molar-refractivity contribution >= 4 is 11.9 Å². The molecule has 5 nitrogen and oxygen atoms in total. The van der Waals surface area contributed by atoms with Gasteiger partial charge in [-0.15, -0.1) is 0 Å². The van der Waals surface area contributed by atoms with Gasteiger partial charge in [0.2, 0.25) is 0 Å². The molecule has 166 valence electrons. The summed E-state index contributed by atoms with van der Waals surface area (Å²) >= 11 is 0. The fourth-order valence-electron chi connectivity index (χ4n) is 3.38. The zero-order valence-corrected chi connectivity index (χ0v) is 18.5. The Morgan fingerprint density at radius 1 is 0.750 bits per heavy atom. The van der Waals surface area contributed by atoms with E-state index in [9.17, 15) is 9.59 Å². The van der Waals surface area contributed by atoms with Crippen LogP contribution < -0.4 is 4.74 Å². The molecule has 0 fully saturated rings. The zero-order valence-electron chi connectivity index (χ0n) is 18.5. The van der Waals surface area contributed by atoms with E-state index < -0.39 is 5.97 Å². The first-order valence-electron chi connectivity index (χ1n) is 10.8. The first-order valence-corrected chi connectivity index (χ1v) is 10.8. The number of hydrogen-bond donors (Lipinski definition) is 1. The van der Waals surface area contributed by atoms with Crippen molar-refractivity contribution in [3.8, 4) is 5.75 Å². The summed E-state index contributed by atoms with van der Waals surface area (Å²) < 4.78 is 11.0. The van der Waals surface area contributed by atoms with Crippen molar-refractivity contribution in [2.75, 3.05) is 6.61 Å². The van der Waals surface area contributed by atoms with Crippen LogP contribution in [0.25, 0.3) is 0 Å². The van der Waals surface area contributed by atoms with Gasteiger partial charge in [0.05, 0.1) is 17.7 Å². The molecule has 3 aromatic rings. The van der Waals surface area contributed by atoms with Gasteiger partial charge in [-0.05, 0) is 84.8 Å². The number of hydrogen-bond acceptors (Lipinski definition) is 4. The summed E-state index contributed by atoms with van der Waals surface area (Å²) in [5.74, 6) is -0.419. The van der Waals surface area contributed by atoms with Crippen LogP contribution in [0.1, 0.15) is 56.8 Å². The third-order valence-corrected chi connectivity index (χ3v) is 5.21. The number of rotatable bonds is 10. The number of ether oxygens (including phenoxy) is 2. The minimum Gasteiger partial charge on any atom is -0.489 e. The van der Waals surface area contributed by atoms with Gasteiger partial charge in [-0.2, -0.15) is 0 Å². The van der Waals surface area contributed by atoms with Gasteiger partial charge in [-0.1, -0.05) is 37.3 Å². The molecule has 0 radical (unpaired) electrons. The van der Waals surface area contributed by atoms with Crippen molar-refractivity contribution in [1.29, 1.82) is 0 Å². The molecule has 0 bridgehead atoms. The summed E-state index contributed by atoms with van der Waals surface area (Å²) in [6, 6.07) is 20.6. The van der Waals surface area contributed by atoms with Crippen LogP contribution in [0.2, 0.25) is 0 Å². The molecule has 0 aliphatic carbocycles. The SMILES string of the molecule is CCOC(=O)c1ccc(COc2cc(CC)cc(CCc3ccc(C(=O)O)cc3)c2)cc1. The lowest BCUT2D eigenvalue weighted by atomic mass is 10.0. The Morgan fingerprint density at radius 2 is 1.34 bits per heavy atom. The van der Waals surface area contributed by atoms with Gasteiger partial charge in [0, 0.05) is 0 Å². The van der Waals surface area contributed by atoms with Crippen LogP contribution in [-0.4, -0.2) is 23.7 Å². The van der Waals surface area contributed by atoms with Crippen LogP contribution >= 0.6 is 0 Å². The lowest BCUT2D eigenvalue weighted by Gasteiger charge is -2.12. The molecule has 0 saturated carbocycles. The molecule has 3 rings (SSSR count). The highest BCUT2D eigenvalue weighted by atomic mass is 16.5. The predicted molar refractivity (Wildman–Crippen MR) is 123 cm³/mol. The number of esters is 1. The van der Waals surface area contributed by atoms with Crippen molar-refractivity contribution in [1.82, 2.24) is 0 Å². The molecule has 0 amide bonds. The Hall–Kier alpha value is -3.60. The summed E-state index contributed by atoms with van der Waals surface area (Å²) in [6.07, 6.45) is 2.57. The predicted octanol–water partition coefficient (Wildman–Crippen LogP) is 5.49. The number of aromatic carboxylic acids is 1. The minimum atomic E-state index is -0.912. The third-order valence-electron chi connectivity index (χ3n) is 5.21. The topological polar surface area (TPSA) is 72.8 Å². The normalized spacial score (nSPS) is 10.6. The maximum absolute atomic E-state index is 11.8. The van der Waals surface area contributed by atoms with E-state index in [0.29, 0.717) is 24.3 Å². The number of benzene rings is 3. The Bertz CT molecular complexity index is 1050. The Balaban J connectivity index is 1.63. The molecule has 1 N–H and O–H groups in total. The smallest absolute Gasteiger partial charge is 0.338 e. The lowest BCUT2D eigenvalue weighted by molar-refractivity contribution is 0.0525. The van der Waals surface area contributed by atoms with Gasteiger partial charge in [-0.25, -0.2) is 9.59 Å². The lowest BCUT2D eigenvalue weighted by Crippen LogP contribution is -2.05. The number of carboxylic acids is 1. The average Bonchev–Trinajstić information content (AvgIpc) is 2.82. The summed E-state index contributed by atoms with van der Waals surface area (Å²) in [5, 5.41) is 9.03. The van der Waals surface area contributed by atoms with Crippen LogP contribution in [0.3, 0.4) is 0 Å². The number of carbonyl (C=O) groups is 2. The van der Waals surface area contributed by atoms with E-state index in [1.807, 2.05) is 24.3 Å². The van der Waals surface area contributed by atoms with Gasteiger partial charge in [-0.3, -0.25) is 0 Å². The van der Waals surface area contributed by atoms with Crippen molar-refractivity contribution in [2.24, 2.45) is 0 Å². The quantitative estimate of drug-likeness (QED) is 0.429. The number of aryl methyl sites for hydroxylation is 3. The van der Waals surface area contributed by atoms with E-state index in [0.717, 1.165) is 36.1 Å². The Labute approximate surface area is 188 Å². The fraction of sp³-hybridized carbons (Fsp3) is 0.259. The van der Waals surface area contributed by atoms with Crippen LogP contribution in [0, 0.1) is 0 Å². The molecule has 0 aromatic heterocycles. The monoisotopic (exact) mass is 432 g/mol. The van der Waals surface area contributed by atoms with Crippen LogP contribution in [0.4, 0.5) is 0 Å². The second kappa shape index (κ2) is 11.1. The summed E-state index contributed by atoms with van der Waals surface area (Å²) in [5.41, 5.74) is 5.28. The molecule has 32 heavy (non-hydrogen) atoms. The first-order chi connectivity index (χ1) is 15.5. The van der Waals surface area contributed by atoms with E-state index in [1.54, 1.807) is 31.2 Å². The highest BCUT2D eigenvalue weighted by Gasteiger charge is 2.07. The van der Waals surface area contributed by atoms with Gasteiger partial charge >= 0.3 is 11.9 Å². The average molecular weight is 433 g/mol. The molecule has 5 heteroatoms. The van der Waals surface area contributed by atoms with E-state index in [1.165, 1.54) is 11.1 Å². The maximum Gasteiger partial charge on any atom is 0.338 e. The van der Waals surface area contributed by atoms with Gasteiger partial charge in [0.25, 0.3) is 0 Å². The fourth-order valence-corrected chi connectivity index (χ4v) is 3.38.